The Labute approximate surface area is 141 Å². The van der Waals surface area contributed by atoms with Crippen LogP contribution in [0.2, 0.25) is 0 Å². The Balaban J connectivity index is 1.48. The van der Waals surface area contributed by atoms with Crippen LogP contribution in [-0.2, 0) is 19.5 Å². The molecule has 120 valence electrons. The Kier molecular flexibility index (Phi) is 4.23. The van der Waals surface area contributed by atoms with E-state index in [4.69, 9.17) is 4.98 Å². The van der Waals surface area contributed by atoms with E-state index in [9.17, 15) is 0 Å². The summed E-state index contributed by atoms with van der Waals surface area (Å²) in [5, 5.41) is 0. The highest BCUT2D eigenvalue weighted by molar-refractivity contribution is 7.11. The highest BCUT2D eigenvalue weighted by Crippen LogP contribution is 2.22. The zero-order valence-electron chi connectivity index (χ0n) is 13.6. The van der Waals surface area contributed by atoms with Gasteiger partial charge in [0, 0.05) is 54.1 Å². The van der Waals surface area contributed by atoms with E-state index in [-0.39, 0.29) is 0 Å². The average molecular weight is 326 g/mol. The van der Waals surface area contributed by atoms with E-state index < -0.39 is 0 Å². The lowest BCUT2D eigenvalue weighted by atomic mass is 10.1. The Bertz CT molecular complexity index is 734. The number of thiophene rings is 1. The van der Waals surface area contributed by atoms with Crippen molar-refractivity contribution in [2.45, 2.75) is 45.7 Å². The molecule has 0 saturated heterocycles. The first kappa shape index (κ1) is 15.0. The van der Waals surface area contributed by atoms with Gasteiger partial charge in [-0.25, -0.2) is 9.97 Å². The second kappa shape index (κ2) is 6.49. The van der Waals surface area contributed by atoms with E-state index in [1.165, 1.54) is 33.9 Å². The molecular weight excluding hydrogens is 304 g/mol. The normalized spacial score (nSPS) is 18.6. The minimum absolute atomic E-state index is 0.866. The van der Waals surface area contributed by atoms with E-state index in [0.29, 0.717) is 0 Å². The fraction of sp³-hybridized carbons (Fsp3) is 0.500. The molecule has 0 fully saturated rings. The van der Waals surface area contributed by atoms with E-state index in [1.807, 2.05) is 17.5 Å². The average Bonchev–Trinajstić information content (AvgIpc) is 3.00. The zero-order valence-corrected chi connectivity index (χ0v) is 14.4. The Morgan fingerprint density at radius 3 is 2.96 bits per heavy atom. The van der Waals surface area contributed by atoms with Crippen molar-refractivity contribution >= 4 is 17.0 Å². The summed E-state index contributed by atoms with van der Waals surface area (Å²) >= 11 is 1.90. The van der Waals surface area contributed by atoms with Crippen molar-refractivity contribution in [2.24, 2.45) is 4.99 Å². The molecule has 0 radical (unpaired) electrons. The zero-order chi connectivity index (χ0) is 15.6. The summed E-state index contributed by atoms with van der Waals surface area (Å²) in [6.07, 6.45) is 6.49. The van der Waals surface area contributed by atoms with Crippen LogP contribution in [0.5, 0.6) is 0 Å². The van der Waals surface area contributed by atoms with Gasteiger partial charge in [0.2, 0.25) is 0 Å². The first-order valence-electron chi connectivity index (χ1n) is 8.44. The lowest BCUT2D eigenvalue weighted by molar-refractivity contribution is 0.245. The fourth-order valence-corrected chi connectivity index (χ4v) is 4.25. The highest BCUT2D eigenvalue weighted by Gasteiger charge is 2.20. The smallest absolute Gasteiger partial charge is 0.173 e. The summed E-state index contributed by atoms with van der Waals surface area (Å²) in [7, 11) is 0. The van der Waals surface area contributed by atoms with Crippen molar-refractivity contribution in [2.75, 3.05) is 13.1 Å². The van der Waals surface area contributed by atoms with E-state index in [2.05, 4.69) is 33.9 Å². The van der Waals surface area contributed by atoms with Crippen LogP contribution < -0.4 is 0 Å². The second-order valence-electron chi connectivity index (χ2n) is 6.42. The van der Waals surface area contributed by atoms with E-state index in [0.717, 1.165) is 50.6 Å². The first-order chi connectivity index (χ1) is 11.3. The van der Waals surface area contributed by atoms with Crippen molar-refractivity contribution in [3.63, 3.8) is 0 Å². The topological polar surface area (TPSA) is 41.4 Å². The largest absolute Gasteiger partial charge is 0.293 e. The summed E-state index contributed by atoms with van der Waals surface area (Å²) in [4.78, 5) is 19.3. The van der Waals surface area contributed by atoms with Crippen LogP contribution in [-0.4, -0.2) is 33.7 Å². The number of hydrogen-bond acceptors (Lipinski definition) is 5. The minimum Gasteiger partial charge on any atom is -0.293 e. The molecule has 4 rings (SSSR count). The monoisotopic (exact) mass is 326 g/mol. The van der Waals surface area contributed by atoms with Gasteiger partial charge in [-0.05, 0) is 38.3 Å². The summed E-state index contributed by atoms with van der Waals surface area (Å²) in [6, 6.07) is 4.45. The lowest BCUT2D eigenvalue weighted by Gasteiger charge is -2.27. The summed E-state index contributed by atoms with van der Waals surface area (Å²) in [6.45, 7) is 6.17. The molecule has 0 saturated carbocycles. The number of aliphatic imine (C=N–C) groups is 1. The molecule has 0 aliphatic carbocycles. The Hall–Kier alpha value is -1.59. The molecule has 0 bridgehead atoms. The van der Waals surface area contributed by atoms with Crippen LogP contribution in [0.3, 0.4) is 0 Å². The maximum absolute atomic E-state index is 4.82. The van der Waals surface area contributed by atoms with Gasteiger partial charge in [-0.2, -0.15) is 0 Å². The molecule has 23 heavy (non-hydrogen) atoms. The van der Waals surface area contributed by atoms with E-state index in [1.54, 1.807) is 0 Å². The molecule has 0 atom stereocenters. The number of aryl methyl sites for hydroxylation is 1. The SMILES string of the molecule is Cc1ccc(CN2CCc3nc(C4=NCCCC4)ncc3C2)s1. The second-order valence-corrected chi connectivity index (χ2v) is 7.80. The predicted molar refractivity (Wildman–Crippen MR) is 94.2 cm³/mol. The minimum atomic E-state index is 0.866. The summed E-state index contributed by atoms with van der Waals surface area (Å²) in [5.74, 6) is 0.866. The molecule has 2 aliphatic heterocycles. The molecule has 2 aliphatic rings. The summed E-state index contributed by atoms with van der Waals surface area (Å²) in [5.41, 5.74) is 3.61. The van der Waals surface area contributed by atoms with Crippen molar-refractivity contribution < 1.29 is 0 Å². The number of aromatic nitrogens is 2. The number of hydrogen-bond donors (Lipinski definition) is 0. The van der Waals surface area contributed by atoms with Gasteiger partial charge in [0.25, 0.3) is 0 Å². The number of rotatable bonds is 3. The molecule has 0 N–H and O–H groups in total. The van der Waals surface area contributed by atoms with Gasteiger partial charge < -0.3 is 0 Å². The molecule has 4 nitrogen and oxygen atoms in total. The van der Waals surface area contributed by atoms with Crippen molar-refractivity contribution in [3.05, 3.63) is 45.2 Å². The lowest BCUT2D eigenvalue weighted by Crippen LogP contribution is -2.31. The van der Waals surface area contributed by atoms with Gasteiger partial charge in [-0.1, -0.05) is 0 Å². The van der Waals surface area contributed by atoms with Gasteiger partial charge >= 0.3 is 0 Å². The highest BCUT2D eigenvalue weighted by atomic mass is 32.1. The molecular formula is C18H22N4S. The quantitative estimate of drug-likeness (QED) is 0.868. The molecule has 0 aromatic carbocycles. The van der Waals surface area contributed by atoms with Crippen LogP contribution in [0.25, 0.3) is 0 Å². The maximum atomic E-state index is 4.82. The van der Waals surface area contributed by atoms with Crippen LogP contribution in [0.1, 0.15) is 46.1 Å². The van der Waals surface area contributed by atoms with Crippen LogP contribution in [0.4, 0.5) is 0 Å². The van der Waals surface area contributed by atoms with Crippen LogP contribution >= 0.6 is 11.3 Å². The van der Waals surface area contributed by atoms with Gasteiger partial charge in [0.1, 0.15) is 0 Å². The fourth-order valence-electron chi connectivity index (χ4n) is 3.32. The first-order valence-corrected chi connectivity index (χ1v) is 9.26. The third kappa shape index (κ3) is 3.35. The Morgan fingerprint density at radius 1 is 1.22 bits per heavy atom. The van der Waals surface area contributed by atoms with Crippen LogP contribution in [0, 0.1) is 6.92 Å². The molecule has 5 heteroatoms. The molecule has 2 aromatic rings. The molecule has 0 amide bonds. The molecule has 4 heterocycles. The van der Waals surface area contributed by atoms with Crippen molar-refractivity contribution in [3.8, 4) is 0 Å². The maximum Gasteiger partial charge on any atom is 0.173 e. The van der Waals surface area contributed by atoms with Gasteiger partial charge in [-0.15, -0.1) is 11.3 Å². The van der Waals surface area contributed by atoms with Gasteiger partial charge in [-0.3, -0.25) is 9.89 Å². The summed E-state index contributed by atoms with van der Waals surface area (Å²) < 4.78 is 0. The number of nitrogens with zero attached hydrogens (tertiary/aromatic N) is 4. The molecule has 2 aromatic heterocycles. The third-order valence-electron chi connectivity index (χ3n) is 4.57. The van der Waals surface area contributed by atoms with Gasteiger partial charge in [0.15, 0.2) is 5.82 Å². The van der Waals surface area contributed by atoms with Crippen molar-refractivity contribution in [1.82, 2.24) is 14.9 Å². The Morgan fingerprint density at radius 2 is 2.17 bits per heavy atom. The molecule has 0 spiro atoms. The third-order valence-corrected chi connectivity index (χ3v) is 5.56. The van der Waals surface area contributed by atoms with Crippen LogP contribution in [0.15, 0.2) is 23.3 Å². The molecule has 0 unspecified atom stereocenters. The van der Waals surface area contributed by atoms with E-state index >= 15 is 0 Å². The van der Waals surface area contributed by atoms with Gasteiger partial charge in [0.05, 0.1) is 11.4 Å². The predicted octanol–water partition coefficient (Wildman–Crippen LogP) is 3.38. The van der Waals surface area contributed by atoms with Crippen molar-refractivity contribution in [1.29, 1.82) is 0 Å². The number of fused-ring (bicyclic) bond motifs is 1. The standard InChI is InChI=1S/C18H22N4S/c1-13-5-6-15(23-13)12-22-9-7-16-14(11-22)10-20-18(21-16)17-4-2-3-8-19-17/h5-6,10H,2-4,7-9,11-12H2,1H3.